The number of benzene rings is 1. The number of hydrogen-bond donors (Lipinski definition) is 2. The number of anilines is 2. The van der Waals surface area contributed by atoms with Crippen molar-refractivity contribution in [2.45, 2.75) is 20.4 Å². The Balaban J connectivity index is 1.99. The third-order valence-electron chi connectivity index (χ3n) is 2.90. The molecule has 1 heterocycles. The minimum absolute atomic E-state index is 0.0146. The maximum absolute atomic E-state index is 11.7. The molecule has 2 N–H and O–H groups in total. The second kappa shape index (κ2) is 7.22. The Labute approximate surface area is 133 Å². The minimum Gasteiger partial charge on any atom is -0.379 e. The first-order valence-corrected chi connectivity index (χ1v) is 7.60. The molecule has 110 valence electrons. The number of rotatable bonds is 5. The van der Waals surface area contributed by atoms with Crippen LogP contribution in [0.15, 0.2) is 47.1 Å². The number of carbonyl (C=O) groups excluding carboxylic acids is 1. The average Bonchev–Trinajstić information content (AvgIpc) is 2.45. The smallest absolute Gasteiger partial charge is 0.226 e. The zero-order valence-corrected chi connectivity index (χ0v) is 13.6. The zero-order valence-electron chi connectivity index (χ0n) is 12.1. The summed E-state index contributed by atoms with van der Waals surface area (Å²) >= 11 is 3.35. The van der Waals surface area contributed by atoms with Crippen LogP contribution in [0.4, 0.5) is 11.4 Å². The maximum Gasteiger partial charge on any atom is 0.226 e. The van der Waals surface area contributed by atoms with Gasteiger partial charge in [-0.15, -0.1) is 0 Å². The lowest BCUT2D eigenvalue weighted by atomic mass is 10.2. The van der Waals surface area contributed by atoms with Crippen LogP contribution in [0.25, 0.3) is 0 Å². The fourth-order valence-corrected chi connectivity index (χ4v) is 2.12. The first-order chi connectivity index (χ1) is 10.0. The number of nitrogens with one attached hydrogen (secondary N) is 2. The number of amides is 1. The van der Waals surface area contributed by atoms with Gasteiger partial charge in [-0.1, -0.05) is 26.0 Å². The van der Waals surface area contributed by atoms with Crippen LogP contribution in [-0.4, -0.2) is 10.9 Å². The van der Waals surface area contributed by atoms with Crippen LogP contribution in [0.3, 0.4) is 0 Å². The van der Waals surface area contributed by atoms with E-state index in [-0.39, 0.29) is 11.8 Å². The molecule has 0 spiro atoms. The monoisotopic (exact) mass is 347 g/mol. The lowest BCUT2D eigenvalue weighted by Crippen LogP contribution is -2.17. The van der Waals surface area contributed by atoms with Gasteiger partial charge in [-0.3, -0.25) is 4.79 Å². The van der Waals surface area contributed by atoms with Gasteiger partial charge in [0.1, 0.15) is 4.60 Å². The summed E-state index contributed by atoms with van der Waals surface area (Å²) in [6.45, 7) is 4.37. The number of hydrogen-bond acceptors (Lipinski definition) is 3. The summed E-state index contributed by atoms with van der Waals surface area (Å²) in [5.41, 5.74) is 2.68. The summed E-state index contributed by atoms with van der Waals surface area (Å²) in [7, 11) is 0. The number of nitrogens with zero attached hydrogens (tertiary/aromatic N) is 1. The minimum atomic E-state index is -0.0347. The summed E-state index contributed by atoms with van der Waals surface area (Å²) in [6.07, 6.45) is 0. The molecule has 1 aromatic carbocycles. The molecule has 0 fully saturated rings. The van der Waals surface area contributed by atoms with Gasteiger partial charge < -0.3 is 10.6 Å². The molecule has 5 heteroatoms. The zero-order chi connectivity index (χ0) is 15.2. The molecule has 1 aromatic heterocycles. The molecular formula is C16H18BrN3O. The van der Waals surface area contributed by atoms with Crippen molar-refractivity contribution in [3.63, 3.8) is 0 Å². The van der Waals surface area contributed by atoms with E-state index in [2.05, 4.69) is 31.5 Å². The van der Waals surface area contributed by atoms with Crippen molar-refractivity contribution in [3.8, 4) is 0 Å². The second-order valence-corrected chi connectivity index (χ2v) is 5.84. The molecule has 0 aliphatic carbocycles. The quantitative estimate of drug-likeness (QED) is 0.802. The topological polar surface area (TPSA) is 54.0 Å². The summed E-state index contributed by atoms with van der Waals surface area (Å²) in [5, 5.41) is 6.18. The normalized spacial score (nSPS) is 10.5. The Morgan fingerprint density at radius 1 is 1.19 bits per heavy atom. The fourth-order valence-electron chi connectivity index (χ4n) is 1.73. The van der Waals surface area contributed by atoms with Crippen molar-refractivity contribution in [3.05, 3.63) is 52.8 Å². The lowest BCUT2D eigenvalue weighted by molar-refractivity contribution is -0.118. The number of halogens is 1. The molecule has 0 bridgehead atoms. The van der Waals surface area contributed by atoms with Crippen molar-refractivity contribution in [1.29, 1.82) is 0 Å². The van der Waals surface area contributed by atoms with Crippen LogP contribution in [0.2, 0.25) is 0 Å². The molecule has 0 aliphatic rings. The molecule has 2 rings (SSSR count). The van der Waals surface area contributed by atoms with E-state index in [1.54, 1.807) is 0 Å². The summed E-state index contributed by atoms with van der Waals surface area (Å²) in [6, 6.07) is 13.5. The number of pyridine rings is 1. The predicted molar refractivity (Wildman–Crippen MR) is 89.2 cm³/mol. The molecular weight excluding hydrogens is 330 g/mol. The van der Waals surface area contributed by atoms with E-state index in [0.717, 1.165) is 21.7 Å². The van der Waals surface area contributed by atoms with Crippen molar-refractivity contribution in [2.75, 3.05) is 10.6 Å². The van der Waals surface area contributed by atoms with E-state index in [9.17, 15) is 4.79 Å². The van der Waals surface area contributed by atoms with E-state index in [0.29, 0.717) is 6.54 Å². The molecule has 2 aromatic rings. The first kappa shape index (κ1) is 15.5. The second-order valence-electron chi connectivity index (χ2n) is 5.03. The SMILES string of the molecule is CC(C)C(=O)Nc1cccc(NCc2cccc(Br)n2)c1. The fraction of sp³-hybridized carbons (Fsp3) is 0.250. The van der Waals surface area contributed by atoms with E-state index < -0.39 is 0 Å². The molecule has 0 radical (unpaired) electrons. The molecule has 0 unspecified atom stereocenters. The van der Waals surface area contributed by atoms with Gasteiger partial charge in [0.25, 0.3) is 0 Å². The number of aromatic nitrogens is 1. The van der Waals surface area contributed by atoms with Gasteiger partial charge in [-0.25, -0.2) is 4.98 Å². The Hall–Kier alpha value is -1.88. The van der Waals surface area contributed by atoms with Gasteiger partial charge in [0.2, 0.25) is 5.91 Å². The summed E-state index contributed by atoms with van der Waals surface area (Å²) < 4.78 is 0.819. The third-order valence-corrected chi connectivity index (χ3v) is 3.34. The van der Waals surface area contributed by atoms with Crippen molar-refractivity contribution in [2.24, 2.45) is 5.92 Å². The Morgan fingerprint density at radius 2 is 1.90 bits per heavy atom. The molecule has 1 amide bonds. The largest absolute Gasteiger partial charge is 0.379 e. The Bertz CT molecular complexity index is 628. The Kier molecular flexibility index (Phi) is 5.33. The maximum atomic E-state index is 11.7. The van der Waals surface area contributed by atoms with E-state index in [4.69, 9.17) is 0 Å². The van der Waals surface area contributed by atoms with Crippen LogP contribution in [0, 0.1) is 5.92 Å². The highest BCUT2D eigenvalue weighted by Crippen LogP contribution is 2.17. The van der Waals surface area contributed by atoms with Gasteiger partial charge in [0.05, 0.1) is 12.2 Å². The predicted octanol–water partition coefficient (Wildman–Crippen LogP) is 4.05. The van der Waals surface area contributed by atoms with Crippen LogP contribution in [0.5, 0.6) is 0 Å². The first-order valence-electron chi connectivity index (χ1n) is 6.81. The van der Waals surface area contributed by atoms with Crippen molar-refractivity contribution in [1.82, 2.24) is 4.98 Å². The molecule has 0 saturated heterocycles. The molecule has 21 heavy (non-hydrogen) atoms. The number of carbonyl (C=O) groups is 1. The average molecular weight is 348 g/mol. The van der Waals surface area contributed by atoms with Crippen LogP contribution < -0.4 is 10.6 Å². The van der Waals surface area contributed by atoms with Crippen molar-refractivity contribution < 1.29 is 4.79 Å². The van der Waals surface area contributed by atoms with Crippen LogP contribution >= 0.6 is 15.9 Å². The van der Waals surface area contributed by atoms with E-state index >= 15 is 0 Å². The van der Waals surface area contributed by atoms with Crippen molar-refractivity contribution >= 4 is 33.2 Å². The highest BCUT2D eigenvalue weighted by Gasteiger charge is 2.07. The van der Waals surface area contributed by atoms with Crippen LogP contribution in [-0.2, 0) is 11.3 Å². The summed E-state index contributed by atoms with van der Waals surface area (Å²) in [5.74, 6) is -0.0201. The van der Waals surface area contributed by atoms with Gasteiger partial charge in [0.15, 0.2) is 0 Å². The van der Waals surface area contributed by atoms with Crippen LogP contribution in [0.1, 0.15) is 19.5 Å². The highest BCUT2D eigenvalue weighted by molar-refractivity contribution is 9.10. The molecule has 0 atom stereocenters. The van der Waals surface area contributed by atoms with E-state index in [1.807, 2.05) is 56.3 Å². The third kappa shape index (κ3) is 4.86. The van der Waals surface area contributed by atoms with Gasteiger partial charge in [-0.2, -0.15) is 0 Å². The molecule has 4 nitrogen and oxygen atoms in total. The van der Waals surface area contributed by atoms with Gasteiger partial charge in [-0.05, 0) is 46.3 Å². The highest BCUT2D eigenvalue weighted by atomic mass is 79.9. The lowest BCUT2D eigenvalue weighted by Gasteiger charge is -2.10. The molecule has 0 saturated carbocycles. The molecule has 0 aliphatic heterocycles. The summed E-state index contributed by atoms with van der Waals surface area (Å²) in [4.78, 5) is 16.1. The van der Waals surface area contributed by atoms with Gasteiger partial charge in [0, 0.05) is 17.3 Å². The standard InChI is InChI=1S/C16H18BrN3O/c1-11(2)16(21)20-13-6-3-5-12(9-13)18-10-14-7-4-8-15(17)19-14/h3-9,11,18H,10H2,1-2H3,(H,20,21). The van der Waals surface area contributed by atoms with Gasteiger partial charge >= 0.3 is 0 Å². The Morgan fingerprint density at radius 3 is 2.62 bits per heavy atom. The van der Waals surface area contributed by atoms with E-state index in [1.165, 1.54) is 0 Å².